The molecule has 0 spiro atoms. The van der Waals surface area contributed by atoms with Gasteiger partial charge in [0, 0.05) is 24.8 Å². The zero-order valence-corrected chi connectivity index (χ0v) is 11.8. The van der Waals surface area contributed by atoms with Gasteiger partial charge in [0.25, 0.3) is 0 Å². The first-order chi connectivity index (χ1) is 8.63. The van der Waals surface area contributed by atoms with Crippen molar-refractivity contribution in [2.75, 3.05) is 25.1 Å². The second kappa shape index (κ2) is 5.56. The molecule has 0 bridgehead atoms. The van der Waals surface area contributed by atoms with Gasteiger partial charge in [-0.2, -0.15) is 0 Å². The maximum Gasteiger partial charge on any atom is 0.314 e. The first-order valence-corrected chi connectivity index (χ1v) is 6.69. The van der Waals surface area contributed by atoms with Gasteiger partial charge >= 0.3 is 5.69 Å². The molecule has 98 valence electrons. The molecule has 0 saturated carbocycles. The fourth-order valence-corrected chi connectivity index (χ4v) is 2.84. The molecule has 5 nitrogen and oxygen atoms in total. The molecule has 0 aromatic heterocycles. The number of ether oxygens (including phenoxy) is 1. The van der Waals surface area contributed by atoms with Gasteiger partial charge in [-0.25, -0.2) is 0 Å². The van der Waals surface area contributed by atoms with Crippen molar-refractivity contribution in [3.05, 3.63) is 26.7 Å². The zero-order chi connectivity index (χ0) is 13.1. The summed E-state index contributed by atoms with van der Waals surface area (Å²) in [5.74, 6) is 0.278. The molecule has 1 aromatic carbocycles. The zero-order valence-electron chi connectivity index (χ0n) is 10.2. The van der Waals surface area contributed by atoms with E-state index >= 15 is 0 Å². The largest absolute Gasteiger partial charge is 0.489 e. The van der Waals surface area contributed by atoms with Gasteiger partial charge in [0.15, 0.2) is 0 Å². The van der Waals surface area contributed by atoms with E-state index in [0.29, 0.717) is 4.47 Å². The minimum Gasteiger partial charge on any atom is -0.489 e. The van der Waals surface area contributed by atoms with Crippen LogP contribution in [0.25, 0.3) is 0 Å². The first kappa shape index (κ1) is 13.1. The van der Waals surface area contributed by atoms with Crippen LogP contribution in [0, 0.1) is 10.1 Å². The molecule has 1 aliphatic heterocycles. The van der Waals surface area contributed by atoms with Crippen molar-refractivity contribution in [2.24, 2.45) is 0 Å². The molecule has 0 unspecified atom stereocenters. The molecule has 1 heterocycles. The van der Waals surface area contributed by atoms with E-state index in [1.807, 2.05) is 6.07 Å². The van der Waals surface area contributed by atoms with Crippen molar-refractivity contribution in [2.45, 2.75) is 19.3 Å². The number of nitro benzene ring substituents is 1. The number of nitro groups is 1. The second-order valence-electron chi connectivity index (χ2n) is 4.28. The Morgan fingerprint density at radius 2 is 2.00 bits per heavy atom. The molecule has 6 heteroatoms. The van der Waals surface area contributed by atoms with Gasteiger partial charge in [-0.3, -0.25) is 10.1 Å². The van der Waals surface area contributed by atoms with Crippen LogP contribution < -0.4 is 9.64 Å². The number of anilines is 1. The number of nitrogens with zero attached hydrogens (tertiary/aromatic N) is 2. The Morgan fingerprint density at radius 3 is 2.56 bits per heavy atom. The molecule has 1 aliphatic rings. The summed E-state index contributed by atoms with van der Waals surface area (Å²) in [5.41, 5.74) is 0.890. The molecular weight excluding hydrogens is 300 g/mol. The molecule has 1 aromatic rings. The lowest BCUT2D eigenvalue weighted by Crippen LogP contribution is -2.29. The van der Waals surface area contributed by atoms with Crippen LogP contribution in [-0.2, 0) is 0 Å². The van der Waals surface area contributed by atoms with Crippen LogP contribution in [0.5, 0.6) is 5.75 Å². The Balaban J connectivity index is 2.40. The Morgan fingerprint density at radius 1 is 1.33 bits per heavy atom. The third kappa shape index (κ3) is 2.58. The molecule has 1 saturated heterocycles. The van der Waals surface area contributed by atoms with E-state index < -0.39 is 4.92 Å². The topological polar surface area (TPSA) is 55.6 Å². The Labute approximate surface area is 114 Å². The van der Waals surface area contributed by atoms with Crippen molar-refractivity contribution in [3.8, 4) is 5.75 Å². The molecule has 1 fully saturated rings. The fourth-order valence-electron chi connectivity index (χ4n) is 2.24. The lowest BCUT2D eigenvalue weighted by molar-refractivity contribution is -0.385. The van der Waals surface area contributed by atoms with Gasteiger partial charge in [-0.15, -0.1) is 0 Å². The summed E-state index contributed by atoms with van der Waals surface area (Å²) in [4.78, 5) is 12.8. The van der Waals surface area contributed by atoms with Crippen LogP contribution >= 0.6 is 15.9 Å². The minimum atomic E-state index is -0.406. The number of methoxy groups -OCH3 is 1. The van der Waals surface area contributed by atoms with Crippen molar-refractivity contribution in [1.29, 1.82) is 0 Å². The lowest BCUT2D eigenvalue weighted by atomic mass is 10.1. The molecule has 2 rings (SSSR count). The summed E-state index contributed by atoms with van der Waals surface area (Å²) in [6.07, 6.45) is 3.50. The number of hydrogen-bond acceptors (Lipinski definition) is 4. The van der Waals surface area contributed by atoms with Crippen LogP contribution in [0.3, 0.4) is 0 Å². The van der Waals surface area contributed by atoms with E-state index in [4.69, 9.17) is 4.74 Å². The summed E-state index contributed by atoms with van der Waals surface area (Å²) < 4.78 is 5.70. The summed E-state index contributed by atoms with van der Waals surface area (Å²) in [7, 11) is 1.44. The summed E-state index contributed by atoms with van der Waals surface area (Å²) in [5, 5.41) is 11.1. The number of halogens is 1. The third-order valence-electron chi connectivity index (χ3n) is 3.13. The van der Waals surface area contributed by atoms with E-state index in [1.54, 1.807) is 6.07 Å². The molecule has 0 atom stereocenters. The molecule has 0 amide bonds. The maximum atomic E-state index is 11.1. The second-order valence-corrected chi connectivity index (χ2v) is 5.14. The van der Waals surface area contributed by atoms with Gasteiger partial charge in [-0.05, 0) is 41.3 Å². The highest BCUT2D eigenvalue weighted by Crippen LogP contribution is 2.39. The number of rotatable bonds is 3. The van der Waals surface area contributed by atoms with Crippen LogP contribution in [0.1, 0.15) is 19.3 Å². The molecule has 18 heavy (non-hydrogen) atoms. The van der Waals surface area contributed by atoms with Crippen molar-refractivity contribution >= 4 is 27.3 Å². The van der Waals surface area contributed by atoms with Crippen LogP contribution in [0.4, 0.5) is 11.4 Å². The van der Waals surface area contributed by atoms with Crippen molar-refractivity contribution < 1.29 is 9.66 Å². The van der Waals surface area contributed by atoms with Crippen molar-refractivity contribution in [3.63, 3.8) is 0 Å². The Kier molecular flexibility index (Phi) is 4.06. The maximum absolute atomic E-state index is 11.1. The third-order valence-corrected chi connectivity index (χ3v) is 3.72. The van der Waals surface area contributed by atoms with Gasteiger partial charge in [-0.1, -0.05) is 0 Å². The summed E-state index contributed by atoms with van der Waals surface area (Å²) >= 11 is 3.34. The Hall–Kier alpha value is -1.30. The highest BCUT2D eigenvalue weighted by Gasteiger charge is 2.22. The van der Waals surface area contributed by atoms with Crippen LogP contribution in [0.2, 0.25) is 0 Å². The Bertz CT molecular complexity index is 459. The normalized spacial score (nSPS) is 15.6. The summed E-state index contributed by atoms with van der Waals surface area (Å²) in [6.45, 7) is 1.91. The van der Waals surface area contributed by atoms with Gasteiger partial charge in [0.1, 0.15) is 0 Å². The van der Waals surface area contributed by atoms with E-state index in [0.717, 1.165) is 31.6 Å². The minimum absolute atomic E-state index is 0.00690. The van der Waals surface area contributed by atoms with Gasteiger partial charge in [0.05, 0.1) is 16.5 Å². The van der Waals surface area contributed by atoms with E-state index in [1.165, 1.54) is 13.5 Å². The molecule has 0 aliphatic carbocycles. The summed E-state index contributed by atoms with van der Waals surface area (Å²) in [6, 6.07) is 3.48. The molecular formula is C12H15BrN2O3. The van der Waals surface area contributed by atoms with E-state index in [-0.39, 0.29) is 11.4 Å². The first-order valence-electron chi connectivity index (χ1n) is 5.90. The number of benzene rings is 1. The van der Waals surface area contributed by atoms with Crippen LogP contribution in [-0.4, -0.2) is 25.1 Å². The highest BCUT2D eigenvalue weighted by molar-refractivity contribution is 9.10. The molecule has 0 radical (unpaired) electrons. The predicted molar refractivity (Wildman–Crippen MR) is 73.4 cm³/mol. The monoisotopic (exact) mass is 314 g/mol. The van der Waals surface area contributed by atoms with Gasteiger partial charge < -0.3 is 9.64 Å². The highest BCUT2D eigenvalue weighted by atomic mass is 79.9. The van der Waals surface area contributed by atoms with Crippen LogP contribution in [0.15, 0.2) is 16.6 Å². The average Bonchev–Trinajstić information content (AvgIpc) is 2.38. The average molecular weight is 315 g/mol. The quantitative estimate of drug-likeness (QED) is 0.634. The predicted octanol–water partition coefficient (Wildman–Crippen LogP) is 3.36. The number of piperidine rings is 1. The standard InChI is InChI=1S/C12H15BrN2O3/c1-18-12-10(13)7-9(8-11(12)15(16)17)14-5-3-2-4-6-14/h7-8H,2-6H2,1H3. The van der Waals surface area contributed by atoms with E-state index in [2.05, 4.69) is 20.8 Å². The fraction of sp³-hybridized carbons (Fsp3) is 0.500. The van der Waals surface area contributed by atoms with Gasteiger partial charge in [0.2, 0.25) is 5.75 Å². The smallest absolute Gasteiger partial charge is 0.314 e. The lowest BCUT2D eigenvalue weighted by Gasteiger charge is -2.29. The molecule has 0 N–H and O–H groups in total. The van der Waals surface area contributed by atoms with Crippen molar-refractivity contribution in [1.82, 2.24) is 0 Å². The van der Waals surface area contributed by atoms with E-state index in [9.17, 15) is 10.1 Å². The number of hydrogen-bond donors (Lipinski definition) is 0. The SMILES string of the molecule is COc1c(Br)cc(N2CCCCC2)cc1[N+](=O)[O-].